The van der Waals surface area contributed by atoms with Crippen molar-refractivity contribution in [3.63, 3.8) is 0 Å². The van der Waals surface area contributed by atoms with E-state index in [2.05, 4.69) is 44.4 Å². The van der Waals surface area contributed by atoms with E-state index < -0.39 is 156 Å². The number of nitrogens with one attached hydrogen (secondary N) is 2. The fourth-order valence-electron chi connectivity index (χ4n) is 16.6. The zero-order valence-electron chi connectivity index (χ0n) is 50.9. The third kappa shape index (κ3) is 12.4. The molecule has 24 atom stereocenters. The first-order chi connectivity index (χ1) is 40.1. The average Bonchev–Trinajstić information content (AvgIpc) is 0.686. The smallest absolute Gasteiger partial charge is 0.317 e. The number of aliphatic hydroxyl groups excluding tert-OH is 10. The lowest BCUT2D eigenvalue weighted by molar-refractivity contribution is -0.359. The predicted octanol–water partition coefficient (Wildman–Crippen LogP) is 1.94. The van der Waals surface area contributed by atoms with E-state index in [-0.39, 0.29) is 48.8 Å². The number of unbranched alkanes of at least 4 members (excludes halogenated alkanes) is 2. The normalized spacial score (nSPS) is 41.9. The maximum absolute atomic E-state index is 15.7. The minimum atomic E-state index is -2.15. The van der Waals surface area contributed by atoms with Crippen LogP contribution in [0.15, 0.2) is 35.9 Å². The summed E-state index contributed by atoms with van der Waals surface area (Å²) in [5, 5.41) is 118. The van der Waals surface area contributed by atoms with E-state index in [1.165, 1.54) is 6.92 Å². The molecule has 2 heterocycles. The SMILES string of the molecule is CCc1ccc(C(=O)NCCCCCC(=O)NC2C(CO)OC(OC(=O)C34CCC(C)(C)CC3C3=CCC5C6(C)CCC(O)C(C)(C=O)C6CCC5(N)C3(C)CC4O)C(OC3OC(C)C(OC(O)C(O)C(O)C(O)CC)C(O)C3CO)C2O)cc1. The van der Waals surface area contributed by atoms with E-state index in [1.807, 2.05) is 26.0 Å². The van der Waals surface area contributed by atoms with Crippen molar-refractivity contribution in [2.75, 3.05) is 19.8 Å². The van der Waals surface area contributed by atoms with Crippen LogP contribution in [0.3, 0.4) is 0 Å². The number of carbonyl (C=O) groups excluding carboxylic acids is 4. The van der Waals surface area contributed by atoms with E-state index in [0.29, 0.717) is 76.3 Å². The van der Waals surface area contributed by atoms with Crippen molar-refractivity contribution in [3.8, 4) is 0 Å². The Bertz CT molecular complexity index is 2520. The molecule has 0 aromatic heterocycles. The molecule has 0 bridgehead atoms. The Hall–Kier alpha value is -3.56. The first-order valence-electron chi connectivity index (χ1n) is 31.2. The molecule has 24 unspecified atom stereocenters. The lowest BCUT2D eigenvalue weighted by atomic mass is 9.35. The highest BCUT2D eigenvalue weighted by molar-refractivity contribution is 5.94. The summed E-state index contributed by atoms with van der Waals surface area (Å²) < 4.78 is 31.1. The number of nitrogens with two attached hydrogens (primary N) is 1. The molecular formula is C63H99N3O19. The number of carbonyl (C=O) groups is 4. The molecule has 22 nitrogen and oxygen atoms in total. The van der Waals surface area contributed by atoms with Gasteiger partial charge in [0, 0.05) is 29.5 Å². The molecule has 0 radical (unpaired) electrons. The molecule has 480 valence electrons. The number of rotatable bonds is 22. The minimum Gasteiger partial charge on any atom is -0.432 e. The van der Waals surface area contributed by atoms with Crippen molar-refractivity contribution in [1.82, 2.24) is 10.6 Å². The van der Waals surface area contributed by atoms with Gasteiger partial charge in [-0.3, -0.25) is 14.4 Å². The summed E-state index contributed by atoms with van der Waals surface area (Å²) in [6, 6.07) is 5.93. The fourth-order valence-corrected chi connectivity index (χ4v) is 16.6. The number of hydrogen-bond donors (Lipinski definition) is 13. The van der Waals surface area contributed by atoms with Crippen molar-refractivity contribution in [1.29, 1.82) is 0 Å². The maximum Gasteiger partial charge on any atom is 0.317 e. The molecule has 6 fully saturated rings. The number of hydrogen-bond acceptors (Lipinski definition) is 20. The van der Waals surface area contributed by atoms with Gasteiger partial charge in [0.05, 0.1) is 61.1 Å². The van der Waals surface area contributed by atoms with Gasteiger partial charge in [-0.05, 0) is 137 Å². The summed E-state index contributed by atoms with van der Waals surface area (Å²) in [4.78, 5) is 55.0. The fraction of sp³-hybridized carbons (Fsp3) is 0.810. The Balaban J connectivity index is 1.05. The number of allylic oxidation sites excluding steroid dienone is 1. The Morgan fingerprint density at radius 3 is 2.16 bits per heavy atom. The van der Waals surface area contributed by atoms with Gasteiger partial charge in [0.2, 0.25) is 12.2 Å². The van der Waals surface area contributed by atoms with E-state index in [4.69, 9.17) is 29.4 Å². The van der Waals surface area contributed by atoms with E-state index in [9.17, 15) is 65.4 Å². The van der Waals surface area contributed by atoms with Gasteiger partial charge in [-0.25, -0.2) is 0 Å². The number of fused-ring (bicyclic) bond motifs is 7. The topological polar surface area (TPSA) is 367 Å². The third-order valence-electron chi connectivity index (χ3n) is 22.1. The molecule has 5 aliphatic carbocycles. The molecule has 2 amide bonds. The highest BCUT2D eigenvalue weighted by atomic mass is 16.8. The number of benzene rings is 1. The summed E-state index contributed by atoms with van der Waals surface area (Å²) >= 11 is 0. The van der Waals surface area contributed by atoms with Crippen LogP contribution < -0.4 is 16.4 Å². The van der Waals surface area contributed by atoms with Gasteiger partial charge in [-0.15, -0.1) is 0 Å². The molecule has 7 aliphatic rings. The molecule has 1 aromatic rings. The van der Waals surface area contributed by atoms with Crippen molar-refractivity contribution in [3.05, 3.63) is 47.0 Å². The van der Waals surface area contributed by atoms with Gasteiger partial charge in [-0.1, -0.05) is 78.7 Å². The first-order valence-corrected chi connectivity index (χ1v) is 31.2. The van der Waals surface area contributed by atoms with Crippen LogP contribution >= 0.6 is 0 Å². The standard InChI is InChI=1S/C63H99N3O19/c1-9-34-15-17-35(18-16-34)53(78)65-27-13-11-12-14-45(73)66-46-40(31-68)82-56(52(49(46)76)84-55-36(30-67)47(74)51(33(3)81-55)83-54(79)50(77)48(75)39(70)10-2)85-57(80)62-26-25-58(4,5)28-38(62)37-19-20-42-59(6)23-22-43(71)60(7,32-69)41(59)21-24-63(42,64)61(37,8)29-44(62)72/h15-19,32-33,36,38-44,46-52,54-56,67-68,70-72,74-77,79H,9-14,20-31,64H2,1-8H3,(H,65,78)(H,66,73). The Labute approximate surface area is 499 Å². The van der Waals surface area contributed by atoms with Crippen molar-refractivity contribution in [2.45, 2.75) is 249 Å². The van der Waals surface area contributed by atoms with Crippen LogP contribution in [0.4, 0.5) is 0 Å². The summed E-state index contributed by atoms with van der Waals surface area (Å²) in [5.41, 5.74) is 5.41. The zero-order valence-corrected chi connectivity index (χ0v) is 50.9. The number of aliphatic hydroxyl groups is 10. The quantitative estimate of drug-likeness (QED) is 0.0259. The largest absolute Gasteiger partial charge is 0.432 e. The predicted molar refractivity (Wildman–Crippen MR) is 307 cm³/mol. The van der Waals surface area contributed by atoms with Crippen LogP contribution in [0.1, 0.15) is 161 Å². The monoisotopic (exact) mass is 1200 g/mol. The maximum atomic E-state index is 15.7. The van der Waals surface area contributed by atoms with E-state index >= 15 is 4.79 Å². The van der Waals surface area contributed by atoms with Gasteiger partial charge in [-0.2, -0.15) is 0 Å². The molecule has 4 saturated carbocycles. The van der Waals surface area contributed by atoms with Gasteiger partial charge < -0.3 is 95.9 Å². The molecule has 0 spiro atoms. The Morgan fingerprint density at radius 1 is 0.812 bits per heavy atom. The van der Waals surface area contributed by atoms with Crippen LogP contribution in [-0.4, -0.2) is 192 Å². The molecule has 1 aromatic carbocycles. The molecular weight excluding hydrogens is 1100 g/mol. The number of aldehydes is 1. The van der Waals surface area contributed by atoms with E-state index in [0.717, 1.165) is 23.8 Å². The first kappa shape index (κ1) is 67.4. The lowest BCUT2D eigenvalue weighted by Gasteiger charge is -2.71. The van der Waals surface area contributed by atoms with Crippen molar-refractivity contribution in [2.24, 2.45) is 56.5 Å². The second kappa shape index (κ2) is 26.5. The van der Waals surface area contributed by atoms with Gasteiger partial charge in [0.1, 0.15) is 42.2 Å². The van der Waals surface area contributed by atoms with Crippen molar-refractivity contribution < 1.29 is 93.9 Å². The summed E-state index contributed by atoms with van der Waals surface area (Å²) in [5.74, 6) is -3.95. The van der Waals surface area contributed by atoms with Crippen LogP contribution in [0.2, 0.25) is 0 Å². The van der Waals surface area contributed by atoms with Crippen molar-refractivity contribution >= 4 is 24.1 Å². The number of ether oxygens (including phenoxy) is 5. The minimum absolute atomic E-state index is 0.0295. The number of esters is 1. The van der Waals surface area contributed by atoms with Crippen LogP contribution in [0, 0.1) is 50.7 Å². The average molecular weight is 1200 g/mol. The molecule has 85 heavy (non-hydrogen) atoms. The molecule has 14 N–H and O–H groups in total. The van der Waals surface area contributed by atoms with Crippen LogP contribution in [0.25, 0.3) is 0 Å². The highest BCUT2D eigenvalue weighted by Crippen LogP contribution is 2.72. The third-order valence-corrected chi connectivity index (χ3v) is 22.1. The summed E-state index contributed by atoms with van der Waals surface area (Å²) in [6.07, 6.45) is -13.2. The summed E-state index contributed by atoms with van der Waals surface area (Å²) in [7, 11) is 0. The second-order valence-corrected chi connectivity index (χ2v) is 27.6. The molecule has 8 rings (SSSR count). The van der Waals surface area contributed by atoms with Gasteiger partial charge >= 0.3 is 5.97 Å². The highest BCUT2D eigenvalue weighted by Gasteiger charge is 2.73. The number of amides is 2. The van der Waals surface area contributed by atoms with Gasteiger partial charge in [0.25, 0.3) is 5.91 Å². The van der Waals surface area contributed by atoms with E-state index in [1.54, 1.807) is 19.1 Å². The molecule has 22 heteroatoms. The summed E-state index contributed by atoms with van der Waals surface area (Å²) in [6.45, 7) is 14.0. The van der Waals surface area contributed by atoms with Gasteiger partial charge in [0.15, 0.2) is 18.7 Å². The van der Waals surface area contributed by atoms with Crippen LogP contribution in [0.5, 0.6) is 0 Å². The molecule has 2 saturated heterocycles. The molecule has 2 aliphatic heterocycles. The zero-order chi connectivity index (χ0) is 62.4. The number of aryl methyl sites for hydroxylation is 1. The second-order valence-electron chi connectivity index (χ2n) is 27.6. The Kier molecular flexibility index (Phi) is 21.0. The van der Waals surface area contributed by atoms with Crippen LogP contribution in [-0.2, 0) is 44.5 Å². The lowest BCUT2D eigenvalue weighted by Crippen LogP contribution is -2.74. The Morgan fingerprint density at radius 2 is 1.52 bits per heavy atom.